The topological polar surface area (TPSA) is 69.9 Å². The van der Waals surface area contributed by atoms with Crippen molar-refractivity contribution in [1.82, 2.24) is 5.32 Å². The van der Waals surface area contributed by atoms with Crippen LogP contribution >= 0.6 is 15.9 Å². The first kappa shape index (κ1) is 17.4. The van der Waals surface area contributed by atoms with Crippen LogP contribution in [0.2, 0.25) is 0 Å². The molecule has 0 saturated carbocycles. The van der Waals surface area contributed by atoms with Gasteiger partial charge in [-0.2, -0.15) is 0 Å². The number of halogens is 1. The Labute approximate surface area is 142 Å². The number of carbonyl (C=O) groups excluding carboxylic acids is 1. The number of nitrogens with one attached hydrogen (secondary N) is 1. The maximum absolute atomic E-state index is 11.3. The van der Waals surface area contributed by atoms with Crippen LogP contribution in [0.15, 0.2) is 33.2 Å². The summed E-state index contributed by atoms with van der Waals surface area (Å²) in [7, 11) is 4.51. The molecule has 0 amide bonds. The minimum Gasteiger partial charge on any atom is -0.493 e. The number of rotatable bonds is 7. The van der Waals surface area contributed by atoms with Crippen molar-refractivity contribution in [2.45, 2.75) is 13.1 Å². The normalized spacial score (nSPS) is 10.4. The van der Waals surface area contributed by atoms with E-state index in [1.54, 1.807) is 26.4 Å². The molecule has 2 aromatic rings. The van der Waals surface area contributed by atoms with Gasteiger partial charge in [-0.25, -0.2) is 4.79 Å². The number of furan rings is 1. The molecule has 0 unspecified atom stereocenters. The van der Waals surface area contributed by atoms with Crippen molar-refractivity contribution in [3.05, 3.63) is 45.8 Å². The highest BCUT2D eigenvalue weighted by molar-refractivity contribution is 9.10. The average Bonchev–Trinajstić information content (AvgIpc) is 3.02. The van der Waals surface area contributed by atoms with Crippen LogP contribution in [-0.2, 0) is 17.8 Å². The zero-order chi connectivity index (χ0) is 16.8. The van der Waals surface area contributed by atoms with Crippen LogP contribution in [0.5, 0.6) is 11.5 Å². The first-order valence-electron chi connectivity index (χ1n) is 6.87. The fraction of sp³-hybridized carbons (Fsp3) is 0.312. The Morgan fingerprint density at radius 3 is 2.61 bits per heavy atom. The summed E-state index contributed by atoms with van der Waals surface area (Å²) >= 11 is 3.46. The molecule has 1 aromatic heterocycles. The van der Waals surface area contributed by atoms with E-state index in [4.69, 9.17) is 13.9 Å². The van der Waals surface area contributed by atoms with E-state index in [1.807, 2.05) is 12.1 Å². The molecule has 0 aliphatic rings. The number of hydrogen-bond acceptors (Lipinski definition) is 6. The predicted octanol–water partition coefficient (Wildman–Crippen LogP) is 3.14. The maximum Gasteiger partial charge on any atom is 0.373 e. The van der Waals surface area contributed by atoms with Gasteiger partial charge in [-0.05, 0) is 45.8 Å². The Bertz CT molecular complexity index is 683. The van der Waals surface area contributed by atoms with Crippen LogP contribution in [0, 0.1) is 0 Å². The molecule has 1 heterocycles. The summed E-state index contributed by atoms with van der Waals surface area (Å²) in [6.45, 7) is 1.09. The van der Waals surface area contributed by atoms with Crippen LogP contribution in [0.25, 0.3) is 0 Å². The SMILES string of the molecule is COC(=O)c1ccc(CNCc2cc(Br)c(OC)c(OC)c2)o1. The first-order valence-corrected chi connectivity index (χ1v) is 7.66. The van der Waals surface area contributed by atoms with Gasteiger partial charge >= 0.3 is 5.97 Å². The quantitative estimate of drug-likeness (QED) is 0.740. The second-order valence-electron chi connectivity index (χ2n) is 4.67. The van der Waals surface area contributed by atoms with E-state index in [2.05, 4.69) is 26.0 Å². The van der Waals surface area contributed by atoms with Gasteiger partial charge in [-0.3, -0.25) is 0 Å². The second-order valence-corrected chi connectivity index (χ2v) is 5.53. The molecule has 0 aliphatic heterocycles. The third-order valence-corrected chi connectivity index (χ3v) is 3.76. The second kappa shape index (κ2) is 8.03. The lowest BCUT2D eigenvalue weighted by Crippen LogP contribution is -2.12. The van der Waals surface area contributed by atoms with Crippen LogP contribution in [0.3, 0.4) is 0 Å². The molecule has 0 fully saturated rings. The fourth-order valence-electron chi connectivity index (χ4n) is 2.09. The minimum absolute atomic E-state index is 0.193. The van der Waals surface area contributed by atoms with Crippen molar-refractivity contribution in [3.8, 4) is 11.5 Å². The van der Waals surface area contributed by atoms with Gasteiger partial charge in [0, 0.05) is 6.54 Å². The Morgan fingerprint density at radius 2 is 1.96 bits per heavy atom. The van der Waals surface area contributed by atoms with Gasteiger partial charge in [0.15, 0.2) is 11.5 Å². The maximum atomic E-state index is 11.3. The number of ether oxygens (including phenoxy) is 3. The van der Waals surface area contributed by atoms with E-state index >= 15 is 0 Å². The van der Waals surface area contributed by atoms with Crippen LogP contribution in [0.1, 0.15) is 21.9 Å². The first-order chi connectivity index (χ1) is 11.1. The molecular weight excluding hydrogens is 366 g/mol. The Kier molecular flexibility index (Phi) is 6.06. The number of carbonyl (C=O) groups is 1. The van der Waals surface area contributed by atoms with Gasteiger partial charge in [0.1, 0.15) is 5.76 Å². The Balaban J connectivity index is 1.97. The monoisotopic (exact) mass is 383 g/mol. The van der Waals surface area contributed by atoms with Crippen molar-refractivity contribution in [3.63, 3.8) is 0 Å². The largest absolute Gasteiger partial charge is 0.493 e. The lowest BCUT2D eigenvalue weighted by Gasteiger charge is -2.12. The lowest BCUT2D eigenvalue weighted by atomic mass is 10.2. The van der Waals surface area contributed by atoms with Crippen molar-refractivity contribution < 1.29 is 23.4 Å². The van der Waals surface area contributed by atoms with E-state index in [0.717, 1.165) is 10.0 Å². The summed E-state index contributed by atoms with van der Waals surface area (Å²) in [5.74, 6) is 1.68. The van der Waals surface area contributed by atoms with Crippen molar-refractivity contribution in [2.24, 2.45) is 0 Å². The molecule has 1 aromatic carbocycles. The number of esters is 1. The summed E-state index contributed by atoms with van der Waals surface area (Å²) in [4.78, 5) is 11.3. The fourth-order valence-corrected chi connectivity index (χ4v) is 2.74. The Morgan fingerprint density at radius 1 is 1.17 bits per heavy atom. The number of hydrogen-bond donors (Lipinski definition) is 1. The van der Waals surface area contributed by atoms with Gasteiger partial charge in [-0.1, -0.05) is 0 Å². The lowest BCUT2D eigenvalue weighted by molar-refractivity contribution is 0.0563. The average molecular weight is 384 g/mol. The van der Waals surface area contributed by atoms with E-state index < -0.39 is 5.97 Å². The van der Waals surface area contributed by atoms with Gasteiger partial charge in [0.25, 0.3) is 0 Å². The predicted molar refractivity (Wildman–Crippen MR) is 87.8 cm³/mol. The molecule has 0 radical (unpaired) electrons. The number of benzene rings is 1. The highest BCUT2D eigenvalue weighted by atomic mass is 79.9. The molecule has 2 rings (SSSR count). The zero-order valence-corrected chi connectivity index (χ0v) is 14.7. The molecular formula is C16H18BrNO5. The van der Waals surface area contributed by atoms with Crippen LogP contribution < -0.4 is 14.8 Å². The molecule has 0 spiro atoms. The molecule has 124 valence electrons. The summed E-state index contributed by atoms with van der Waals surface area (Å²) in [6, 6.07) is 7.19. The van der Waals surface area contributed by atoms with Gasteiger partial charge < -0.3 is 23.9 Å². The smallest absolute Gasteiger partial charge is 0.373 e. The third kappa shape index (κ3) is 4.27. The summed E-state index contributed by atoms with van der Waals surface area (Å²) in [5, 5.41) is 3.24. The van der Waals surface area contributed by atoms with Crippen LogP contribution in [-0.4, -0.2) is 27.3 Å². The molecule has 0 atom stereocenters. The summed E-state index contributed by atoms with van der Waals surface area (Å²) in [5.41, 5.74) is 1.02. The van der Waals surface area contributed by atoms with E-state index in [9.17, 15) is 4.79 Å². The minimum atomic E-state index is -0.486. The van der Waals surface area contributed by atoms with E-state index in [1.165, 1.54) is 7.11 Å². The van der Waals surface area contributed by atoms with Crippen molar-refractivity contribution >= 4 is 21.9 Å². The van der Waals surface area contributed by atoms with Gasteiger partial charge in [-0.15, -0.1) is 0 Å². The van der Waals surface area contributed by atoms with E-state index in [0.29, 0.717) is 30.3 Å². The Hall–Kier alpha value is -1.99. The van der Waals surface area contributed by atoms with Crippen molar-refractivity contribution in [2.75, 3.05) is 21.3 Å². The highest BCUT2D eigenvalue weighted by Gasteiger charge is 2.12. The molecule has 1 N–H and O–H groups in total. The third-order valence-electron chi connectivity index (χ3n) is 3.17. The zero-order valence-electron chi connectivity index (χ0n) is 13.1. The summed E-state index contributed by atoms with van der Waals surface area (Å²) < 4.78 is 21.4. The molecule has 23 heavy (non-hydrogen) atoms. The molecule has 6 nitrogen and oxygen atoms in total. The van der Waals surface area contributed by atoms with Gasteiger partial charge in [0.05, 0.1) is 32.3 Å². The summed E-state index contributed by atoms with van der Waals surface area (Å²) in [6.07, 6.45) is 0. The van der Waals surface area contributed by atoms with E-state index in [-0.39, 0.29) is 5.76 Å². The molecule has 0 aliphatic carbocycles. The van der Waals surface area contributed by atoms with Crippen molar-refractivity contribution in [1.29, 1.82) is 0 Å². The molecule has 7 heteroatoms. The molecule has 0 bridgehead atoms. The van der Waals surface area contributed by atoms with Crippen LogP contribution in [0.4, 0.5) is 0 Å². The number of methoxy groups -OCH3 is 3. The highest BCUT2D eigenvalue weighted by Crippen LogP contribution is 2.36. The molecule has 0 saturated heterocycles. The van der Waals surface area contributed by atoms with Gasteiger partial charge in [0.2, 0.25) is 5.76 Å². The standard InChI is InChI=1S/C16H18BrNO5/c1-20-14-7-10(6-12(17)15(14)21-2)8-18-9-11-4-5-13(23-11)16(19)22-3/h4-7,18H,8-9H2,1-3H3.